The number of fused-ring (bicyclic) bond motifs is 1. The van der Waals surface area contributed by atoms with Gasteiger partial charge >= 0.3 is 0 Å². The number of nitrogens with one attached hydrogen (secondary N) is 1. The zero-order valence-electron chi connectivity index (χ0n) is 18.5. The second kappa shape index (κ2) is 8.51. The zero-order chi connectivity index (χ0) is 21.4. The highest BCUT2D eigenvalue weighted by Gasteiger charge is 2.48. The SMILES string of the molecule is CC1CC(NC(=O)C2(O)CC2)CCC1CCN1CCN(c2cccc3c2OCO3)CC1. The van der Waals surface area contributed by atoms with Crippen LogP contribution in [0.25, 0.3) is 0 Å². The van der Waals surface area contributed by atoms with Crippen LogP contribution >= 0.6 is 0 Å². The number of hydrogen-bond donors (Lipinski definition) is 2. The summed E-state index contributed by atoms with van der Waals surface area (Å²) in [5.74, 6) is 2.92. The fraction of sp³-hybridized carbons (Fsp3) is 0.708. The van der Waals surface area contributed by atoms with E-state index in [-0.39, 0.29) is 11.9 Å². The van der Waals surface area contributed by atoms with E-state index in [1.807, 2.05) is 12.1 Å². The molecule has 2 saturated carbocycles. The molecule has 2 aliphatic heterocycles. The van der Waals surface area contributed by atoms with Crippen molar-refractivity contribution in [3.63, 3.8) is 0 Å². The van der Waals surface area contributed by atoms with Gasteiger partial charge in [0.05, 0.1) is 5.69 Å². The fourth-order valence-corrected chi connectivity index (χ4v) is 5.41. The molecule has 2 heterocycles. The molecule has 5 rings (SSSR count). The highest BCUT2D eigenvalue weighted by molar-refractivity contribution is 5.87. The van der Waals surface area contributed by atoms with Crippen LogP contribution in [0.5, 0.6) is 11.5 Å². The van der Waals surface area contributed by atoms with Gasteiger partial charge in [-0.3, -0.25) is 9.69 Å². The van der Waals surface area contributed by atoms with Crippen LogP contribution in [-0.4, -0.2) is 67.1 Å². The minimum absolute atomic E-state index is 0.151. The Labute approximate surface area is 184 Å². The summed E-state index contributed by atoms with van der Waals surface area (Å²) in [5, 5.41) is 13.1. The van der Waals surface area contributed by atoms with Gasteiger partial charge in [-0.2, -0.15) is 0 Å². The molecule has 170 valence electrons. The number of piperazine rings is 1. The predicted molar refractivity (Wildman–Crippen MR) is 118 cm³/mol. The van der Waals surface area contributed by atoms with E-state index in [4.69, 9.17) is 9.47 Å². The Morgan fingerprint density at radius 3 is 2.74 bits per heavy atom. The summed E-state index contributed by atoms with van der Waals surface area (Å²) in [4.78, 5) is 17.1. The third-order valence-corrected chi connectivity index (χ3v) is 7.73. The van der Waals surface area contributed by atoms with Crippen molar-refractivity contribution >= 4 is 11.6 Å². The second-order valence-corrected chi connectivity index (χ2v) is 9.88. The van der Waals surface area contributed by atoms with Crippen LogP contribution in [0.3, 0.4) is 0 Å². The minimum Gasteiger partial charge on any atom is -0.454 e. The standard InChI is InChI=1S/C24H35N3O4/c1-17-15-19(25-23(28)24(29)8-9-24)6-5-18(17)7-10-26-11-13-27(14-12-26)20-3-2-4-21-22(20)31-16-30-21/h2-4,17-19,29H,5-16H2,1H3,(H,25,28). The molecule has 1 saturated heterocycles. The van der Waals surface area contributed by atoms with E-state index in [2.05, 4.69) is 28.1 Å². The number of para-hydroxylation sites is 1. The molecule has 1 aromatic carbocycles. The monoisotopic (exact) mass is 429 g/mol. The number of ether oxygens (including phenoxy) is 2. The first kappa shape index (κ1) is 20.9. The molecule has 2 N–H and O–H groups in total. The van der Waals surface area contributed by atoms with Gasteiger partial charge in [0.25, 0.3) is 5.91 Å². The molecule has 1 aromatic rings. The normalized spacial score (nSPS) is 29.6. The van der Waals surface area contributed by atoms with E-state index < -0.39 is 5.60 Å². The lowest BCUT2D eigenvalue weighted by Gasteiger charge is -2.39. The van der Waals surface area contributed by atoms with Gasteiger partial charge in [-0.05, 0) is 69.0 Å². The van der Waals surface area contributed by atoms with Crippen molar-refractivity contribution in [2.24, 2.45) is 11.8 Å². The molecule has 1 amide bonds. The van der Waals surface area contributed by atoms with E-state index in [1.165, 1.54) is 6.42 Å². The molecule has 3 fully saturated rings. The molecule has 0 aromatic heterocycles. The first-order valence-corrected chi connectivity index (χ1v) is 11.9. The van der Waals surface area contributed by atoms with Crippen LogP contribution in [0.4, 0.5) is 5.69 Å². The van der Waals surface area contributed by atoms with Gasteiger partial charge in [-0.1, -0.05) is 13.0 Å². The number of amides is 1. The number of carbonyl (C=O) groups excluding carboxylic acids is 1. The molecular weight excluding hydrogens is 394 g/mol. The number of carbonyl (C=O) groups is 1. The van der Waals surface area contributed by atoms with Gasteiger partial charge in [0, 0.05) is 32.2 Å². The average Bonchev–Trinajstić information content (AvgIpc) is 3.34. The van der Waals surface area contributed by atoms with Crippen LogP contribution < -0.4 is 19.7 Å². The Hall–Kier alpha value is -1.99. The number of anilines is 1. The van der Waals surface area contributed by atoms with Gasteiger partial charge in [0.1, 0.15) is 5.60 Å². The van der Waals surface area contributed by atoms with Crippen molar-refractivity contribution in [1.29, 1.82) is 0 Å². The molecule has 3 unspecified atom stereocenters. The summed E-state index contributed by atoms with van der Waals surface area (Å²) < 4.78 is 11.2. The molecule has 7 nitrogen and oxygen atoms in total. The van der Waals surface area contributed by atoms with Gasteiger partial charge < -0.3 is 24.8 Å². The third-order valence-electron chi connectivity index (χ3n) is 7.73. The van der Waals surface area contributed by atoms with Gasteiger partial charge in [-0.15, -0.1) is 0 Å². The van der Waals surface area contributed by atoms with Crippen molar-refractivity contribution in [3.8, 4) is 11.5 Å². The summed E-state index contributed by atoms with van der Waals surface area (Å²) in [6, 6.07) is 6.37. The second-order valence-electron chi connectivity index (χ2n) is 9.88. The summed E-state index contributed by atoms with van der Waals surface area (Å²) in [6.07, 6.45) is 5.68. The Morgan fingerprint density at radius 1 is 1.19 bits per heavy atom. The molecule has 0 radical (unpaired) electrons. The van der Waals surface area contributed by atoms with Crippen LogP contribution in [0.2, 0.25) is 0 Å². The van der Waals surface area contributed by atoms with Crippen molar-refractivity contribution in [3.05, 3.63) is 18.2 Å². The van der Waals surface area contributed by atoms with Crippen molar-refractivity contribution in [2.75, 3.05) is 44.4 Å². The first-order chi connectivity index (χ1) is 15.0. The lowest BCUT2D eigenvalue weighted by molar-refractivity contribution is -0.132. The number of rotatable bonds is 6. The van der Waals surface area contributed by atoms with Crippen LogP contribution in [0.15, 0.2) is 18.2 Å². The van der Waals surface area contributed by atoms with Crippen molar-refractivity contribution < 1.29 is 19.4 Å². The van der Waals surface area contributed by atoms with E-state index in [0.717, 1.165) is 75.1 Å². The Bertz CT molecular complexity index is 804. The number of aliphatic hydroxyl groups is 1. The average molecular weight is 430 g/mol. The molecule has 0 spiro atoms. The molecule has 0 bridgehead atoms. The molecule has 2 aliphatic carbocycles. The maximum Gasteiger partial charge on any atom is 0.252 e. The van der Waals surface area contributed by atoms with E-state index in [0.29, 0.717) is 25.6 Å². The number of benzene rings is 1. The van der Waals surface area contributed by atoms with Crippen LogP contribution in [-0.2, 0) is 4.79 Å². The van der Waals surface area contributed by atoms with E-state index in [1.54, 1.807) is 0 Å². The zero-order valence-corrected chi connectivity index (χ0v) is 18.5. The molecule has 3 atom stereocenters. The van der Waals surface area contributed by atoms with Crippen LogP contribution in [0.1, 0.15) is 45.4 Å². The highest BCUT2D eigenvalue weighted by Crippen LogP contribution is 2.41. The summed E-state index contributed by atoms with van der Waals surface area (Å²) in [7, 11) is 0. The summed E-state index contributed by atoms with van der Waals surface area (Å²) in [5.41, 5.74) is 0.0980. The van der Waals surface area contributed by atoms with Crippen LogP contribution in [0, 0.1) is 11.8 Å². The maximum absolute atomic E-state index is 12.1. The fourth-order valence-electron chi connectivity index (χ4n) is 5.41. The van der Waals surface area contributed by atoms with Gasteiger partial charge in [0.2, 0.25) is 6.79 Å². The molecule has 31 heavy (non-hydrogen) atoms. The summed E-state index contributed by atoms with van der Waals surface area (Å²) >= 11 is 0. The van der Waals surface area contributed by atoms with Crippen molar-refractivity contribution in [1.82, 2.24) is 10.2 Å². The quantitative estimate of drug-likeness (QED) is 0.723. The van der Waals surface area contributed by atoms with E-state index in [9.17, 15) is 9.90 Å². The van der Waals surface area contributed by atoms with Gasteiger partial charge in [-0.25, -0.2) is 0 Å². The largest absolute Gasteiger partial charge is 0.454 e. The first-order valence-electron chi connectivity index (χ1n) is 11.9. The highest BCUT2D eigenvalue weighted by atomic mass is 16.7. The molecule has 7 heteroatoms. The smallest absolute Gasteiger partial charge is 0.252 e. The van der Waals surface area contributed by atoms with Gasteiger partial charge in [0.15, 0.2) is 11.5 Å². The molecular formula is C24H35N3O4. The number of hydrogen-bond acceptors (Lipinski definition) is 6. The third kappa shape index (κ3) is 4.48. The summed E-state index contributed by atoms with van der Waals surface area (Å²) in [6.45, 7) is 7.95. The Kier molecular flexibility index (Phi) is 5.73. The Morgan fingerprint density at radius 2 is 2.00 bits per heavy atom. The number of nitrogens with zero attached hydrogens (tertiary/aromatic N) is 2. The van der Waals surface area contributed by atoms with Crippen molar-refractivity contribution in [2.45, 2.75) is 57.1 Å². The minimum atomic E-state index is -1.05. The Balaban J connectivity index is 1.05. The predicted octanol–water partition coefficient (Wildman–Crippen LogP) is 2.37. The lowest BCUT2D eigenvalue weighted by atomic mass is 9.76. The van der Waals surface area contributed by atoms with E-state index >= 15 is 0 Å². The maximum atomic E-state index is 12.1. The molecule has 4 aliphatic rings. The topological polar surface area (TPSA) is 74.3 Å². The lowest BCUT2D eigenvalue weighted by Crippen LogP contribution is -2.48.